The Hall–Kier alpha value is -3.74. The summed E-state index contributed by atoms with van der Waals surface area (Å²) in [6.45, 7) is 2.97. The number of hydrogen-bond donors (Lipinski definition) is 1. The minimum Gasteiger partial charge on any atom is -0.465 e. The SMILES string of the molecule is CCN(Cc1ccccc1)C(=O)c1ccnc(Nc2ccccc2C(=O)OC)n1. The van der Waals surface area contributed by atoms with Crippen molar-refractivity contribution in [1.29, 1.82) is 0 Å². The molecule has 1 amide bonds. The summed E-state index contributed by atoms with van der Waals surface area (Å²) >= 11 is 0. The van der Waals surface area contributed by atoms with Gasteiger partial charge in [-0.3, -0.25) is 4.79 Å². The number of amides is 1. The number of ether oxygens (including phenoxy) is 1. The van der Waals surface area contributed by atoms with Crippen LogP contribution >= 0.6 is 0 Å². The summed E-state index contributed by atoms with van der Waals surface area (Å²) in [4.78, 5) is 35.1. The predicted molar refractivity (Wildman–Crippen MR) is 110 cm³/mol. The number of esters is 1. The Kier molecular flexibility index (Phi) is 6.52. The maximum Gasteiger partial charge on any atom is 0.339 e. The van der Waals surface area contributed by atoms with Crippen molar-refractivity contribution in [1.82, 2.24) is 14.9 Å². The molecule has 29 heavy (non-hydrogen) atoms. The lowest BCUT2D eigenvalue weighted by molar-refractivity contribution is 0.0601. The molecule has 0 aliphatic rings. The fraction of sp³-hybridized carbons (Fsp3) is 0.182. The molecule has 1 heterocycles. The number of benzene rings is 2. The second-order valence-electron chi connectivity index (χ2n) is 6.23. The van der Waals surface area contributed by atoms with Crippen molar-refractivity contribution in [2.45, 2.75) is 13.5 Å². The van der Waals surface area contributed by atoms with E-state index in [0.717, 1.165) is 5.56 Å². The van der Waals surface area contributed by atoms with Crippen LogP contribution in [0.3, 0.4) is 0 Å². The fourth-order valence-electron chi connectivity index (χ4n) is 2.83. The van der Waals surface area contributed by atoms with Crippen LogP contribution in [0.4, 0.5) is 11.6 Å². The number of aromatic nitrogens is 2. The molecule has 0 radical (unpaired) electrons. The third-order valence-corrected chi connectivity index (χ3v) is 4.34. The smallest absolute Gasteiger partial charge is 0.339 e. The van der Waals surface area contributed by atoms with Gasteiger partial charge in [0.2, 0.25) is 5.95 Å². The van der Waals surface area contributed by atoms with Gasteiger partial charge < -0.3 is 15.0 Å². The quantitative estimate of drug-likeness (QED) is 0.620. The lowest BCUT2D eigenvalue weighted by Gasteiger charge is -2.20. The van der Waals surface area contributed by atoms with Crippen LogP contribution in [0.2, 0.25) is 0 Å². The van der Waals surface area contributed by atoms with E-state index >= 15 is 0 Å². The van der Waals surface area contributed by atoms with Crippen LogP contribution in [0.15, 0.2) is 66.9 Å². The lowest BCUT2D eigenvalue weighted by atomic mass is 10.2. The number of anilines is 2. The highest BCUT2D eigenvalue weighted by atomic mass is 16.5. The number of carbonyl (C=O) groups is 2. The van der Waals surface area contributed by atoms with E-state index in [1.807, 2.05) is 37.3 Å². The topological polar surface area (TPSA) is 84.4 Å². The maximum absolute atomic E-state index is 12.9. The molecule has 0 unspecified atom stereocenters. The third-order valence-electron chi connectivity index (χ3n) is 4.34. The minimum absolute atomic E-state index is 0.192. The average molecular weight is 390 g/mol. The van der Waals surface area contributed by atoms with Gasteiger partial charge in [0, 0.05) is 19.3 Å². The number of nitrogens with one attached hydrogen (secondary N) is 1. The molecule has 0 fully saturated rings. The van der Waals surface area contributed by atoms with E-state index in [4.69, 9.17) is 4.74 Å². The second kappa shape index (κ2) is 9.45. The summed E-state index contributed by atoms with van der Waals surface area (Å²) in [5, 5.41) is 3.00. The van der Waals surface area contributed by atoms with Gasteiger partial charge in [-0.1, -0.05) is 42.5 Å². The average Bonchev–Trinajstić information content (AvgIpc) is 2.77. The van der Waals surface area contributed by atoms with Crippen LogP contribution in [0.5, 0.6) is 0 Å². The molecular formula is C22H22N4O3. The van der Waals surface area contributed by atoms with Gasteiger partial charge in [-0.05, 0) is 30.7 Å². The first-order valence-corrected chi connectivity index (χ1v) is 9.23. The van der Waals surface area contributed by atoms with E-state index in [1.165, 1.54) is 13.3 Å². The zero-order valence-electron chi connectivity index (χ0n) is 16.3. The largest absolute Gasteiger partial charge is 0.465 e. The molecule has 7 heteroatoms. The van der Waals surface area contributed by atoms with Crippen molar-refractivity contribution >= 4 is 23.5 Å². The molecule has 3 rings (SSSR count). The molecule has 0 saturated carbocycles. The van der Waals surface area contributed by atoms with E-state index < -0.39 is 5.97 Å². The van der Waals surface area contributed by atoms with Gasteiger partial charge in [0.05, 0.1) is 18.4 Å². The van der Waals surface area contributed by atoms with E-state index in [0.29, 0.717) is 24.3 Å². The zero-order chi connectivity index (χ0) is 20.6. The van der Waals surface area contributed by atoms with Crippen LogP contribution in [-0.4, -0.2) is 40.4 Å². The number of hydrogen-bond acceptors (Lipinski definition) is 6. The third kappa shape index (κ3) is 4.95. The predicted octanol–water partition coefficient (Wildman–Crippen LogP) is 3.67. The first kappa shape index (κ1) is 20.0. The van der Waals surface area contributed by atoms with Gasteiger partial charge in [0.1, 0.15) is 5.69 Å². The van der Waals surface area contributed by atoms with Crippen LogP contribution in [0, 0.1) is 0 Å². The van der Waals surface area contributed by atoms with Crippen LogP contribution in [0.25, 0.3) is 0 Å². The van der Waals surface area contributed by atoms with Gasteiger partial charge >= 0.3 is 5.97 Å². The molecule has 0 saturated heterocycles. The first-order valence-electron chi connectivity index (χ1n) is 9.23. The Bertz CT molecular complexity index is 992. The van der Waals surface area contributed by atoms with E-state index in [-0.39, 0.29) is 17.5 Å². The summed E-state index contributed by atoms with van der Waals surface area (Å²) in [5.41, 5.74) is 2.17. The summed E-state index contributed by atoms with van der Waals surface area (Å²) in [5.74, 6) is -0.439. The van der Waals surface area contributed by atoms with Gasteiger partial charge in [-0.25, -0.2) is 14.8 Å². The molecule has 2 aromatic carbocycles. The molecule has 1 aromatic heterocycles. The van der Waals surface area contributed by atoms with Crippen molar-refractivity contribution in [3.05, 3.63) is 83.7 Å². The van der Waals surface area contributed by atoms with Crippen molar-refractivity contribution in [3.8, 4) is 0 Å². The van der Waals surface area contributed by atoms with E-state index in [2.05, 4.69) is 15.3 Å². The second-order valence-corrected chi connectivity index (χ2v) is 6.23. The molecule has 0 aliphatic carbocycles. The standard InChI is InChI=1S/C22H22N4O3/c1-3-26(15-16-9-5-4-6-10-16)20(27)19-13-14-23-22(25-19)24-18-12-8-7-11-17(18)21(28)29-2/h4-14H,3,15H2,1-2H3,(H,23,24,25). The zero-order valence-corrected chi connectivity index (χ0v) is 16.3. The Balaban J connectivity index is 1.80. The van der Waals surface area contributed by atoms with E-state index in [1.54, 1.807) is 35.2 Å². The highest BCUT2D eigenvalue weighted by molar-refractivity contribution is 5.96. The monoisotopic (exact) mass is 390 g/mol. The number of rotatable bonds is 7. The molecular weight excluding hydrogens is 368 g/mol. The van der Waals surface area contributed by atoms with Crippen LogP contribution < -0.4 is 5.32 Å². The summed E-state index contributed by atoms with van der Waals surface area (Å²) in [6, 6.07) is 18.2. The first-order chi connectivity index (χ1) is 14.1. The van der Waals surface area contributed by atoms with Gasteiger partial charge in [-0.15, -0.1) is 0 Å². The Morgan fingerprint density at radius 1 is 1.03 bits per heavy atom. The van der Waals surface area contributed by atoms with Gasteiger partial charge in [0.25, 0.3) is 5.91 Å². The minimum atomic E-state index is -0.472. The fourth-order valence-corrected chi connectivity index (χ4v) is 2.83. The van der Waals surface area contributed by atoms with Gasteiger partial charge in [-0.2, -0.15) is 0 Å². The van der Waals surface area contributed by atoms with Crippen LogP contribution in [-0.2, 0) is 11.3 Å². The molecule has 1 N–H and O–H groups in total. The van der Waals surface area contributed by atoms with Crippen molar-refractivity contribution in [2.75, 3.05) is 19.0 Å². The summed E-state index contributed by atoms with van der Waals surface area (Å²) in [7, 11) is 1.32. The van der Waals surface area contributed by atoms with Crippen molar-refractivity contribution in [3.63, 3.8) is 0 Å². The van der Waals surface area contributed by atoms with Crippen molar-refractivity contribution < 1.29 is 14.3 Å². The molecule has 148 valence electrons. The summed E-state index contributed by atoms with van der Waals surface area (Å²) < 4.78 is 4.80. The number of para-hydroxylation sites is 1. The molecule has 3 aromatic rings. The number of carbonyl (C=O) groups excluding carboxylic acids is 2. The normalized spacial score (nSPS) is 10.3. The molecule has 0 aliphatic heterocycles. The molecule has 0 atom stereocenters. The molecule has 7 nitrogen and oxygen atoms in total. The Morgan fingerprint density at radius 2 is 1.76 bits per heavy atom. The van der Waals surface area contributed by atoms with E-state index in [9.17, 15) is 9.59 Å². The van der Waals surface area contributed by atoms with Gasteiger partial charge in [0.15, 0.2) is 0 Å². The van der Waals surface area contributed by atoms with Crippen LogP contribution in [0.1, 0.15) is 33.3 Å². The molecule has 0 spiro atoms. The Labute approximate surface area is 169 Å². The Morgan fingerprint density at radius 3 is 2.48 bits per heavy atom. The highest BCUT2D eigenvalue weighted by Crippen LogP contribution is 2.20. The number of methoxy groups -OCH3 is 1. The highest BCUT2D eigenvalue weighted by Gasteiger charge is 2.18. The number of nitrogens with zero attached hydrogens (tertiary/aromatic N) is 3. The summed E-state index contributed by atoms with van der Waals surface area (Å²) in [6.07, 6.45) is 1.51. The maximum atomic E-state index is 12.9. The lowest BCUT2D eigenvalue weighted by Crippen LogP contribution is -2.31. The van der Waals surface area contributed by atoms with Crippen molar-refractivity contribution in [2.24, 2.45) is 0 Å². The molecule has 0 bridgehead atoms.